The minimum Gasteiger partial charge on any atom is -0.211 e. The molecular weight excluding hydrogens is 134 g/mol. The molecule has 0 heterocycles. The average molecular weight is 145 g/mol. The van der Waals surface area contributed by atoms with Crippen LogP contribution in [0, 0.1) is 0 Å². The molecular formula is C6H11NOS. The van der Waals surface area contributed by atoms with Crippen molar-refractivity contribution in [2.75, 3.05) is 12.0 Å². The Balaban J connectivity index is 3.26. The highest BCUT2D eigenvalue weighted by atomic mass is 32.2. The molecule has 0 bridgehead atoms. The number of hydrogen-bond acceptors (Lipinski definition) is 3. The van der Waals surface area contributed by atoms with Gasteiger partial charge in [0.05, 0.1) is 6.04 Å². The molecule has 0 aliphatic carbocycles. The quantitative estimate of drug-likeness (QED) is 0.443. The number of aliphatic imine (C=N–C) groups is 1. The predicted octanol–water partition coefficient (Wildman–Crippen LogP) is 1.46. The second-order valence-corrected chi connectivity index (χ2v) is 2.84. The van der Waals surface area contributed by atoms with E-state index in [9.17, 15) is 4.79 Å². The first-order valence-corrected chi connectivity index (χ1v) is 4.26. The second-order valence-electron chi connectivity index (χ2n) is 1.85. The smallest absolute Gasteiger partial charge is 0.211 e. The topological polar surface area (TPSA) is 29.4 Å². The molecule has 0 aliphatic rings. The van der Waals surface area contributed by atoms with Crippen LogP contribution in [0.2, 0.25) is 0 Å². The van der Waals surface area contributed by atoms with Gasteiger partial charge in [-0.25, -0.2) is 9.79 Å². The molecule has 0 aromatic heterocycles. The molecule has 0 fully saturated rings. The van der Waals surface area contributed by atoms with E-state index < -0.39 is 0 Å². The highest BCUT2D eigenvalue weighted by Crippen LogP contribution is 2.01. The molecule has 0 spiro atoms. The fraction of sp³-hybridized carbons (Fsp3) is 0.833. The summed E-state index contributed by atoms with van der Waals surface area (Å²) in [6, 6.07) is 0.148. The lowest BCUT2D eigenvalue weighted by atomic mass is 10.3. The summed E-state index contributed by atoms with van der Waals surface area (Å²) in [5, 5.41) is 0. The van der Waals surface area contributed by atoms with Crippen molar-refractivity contribution in [2.24, 2.45) is 4.99 Å². The van der Waals surface area contributed by atoms with E-state index in [1.54, 1.807) is 17.8 Å². The molecule has 0 aromatic rings. The SMILES string of the molecule is CSCCC(C)N=C=O. The van der Waals surface area contributed by atoms with Crippen molar-refractivity contribution in [1.29, 1.82) is 0 Å². The average Bonchev–Trinajstić information content (AvgIpc) is 1.85. The van der Waals surface area contributed by atoms with Gasteiger partial charge in [0.1, 0.15) is 0 Å². The maximum atomic E-state index is 9.68. The molecule has 0 amide bonds. The van der Waals surface area contributed by atoms with Gasteiger partial charge in [0.15, 0.2) is 0 Å². The summed E-state index contributed by atoms with van der Waals surface area (Å²) >= 11 is 1.77. The molecule has 9 heavy (non-hydrogen) atoms. The summed E-state index contributed by atoms with van der Waals surface area (Å²) < 4.78 is 0. The van der Waals surface area contributed by atoms with Gasteiger partial charge >= 0.3 is 0 Å². The Morgan fingerprint density at radius 2 is 2.44 bits per heavy atom. The van der Waals surface area contributed by atoms with Crippen molar-refractivity contribution >= 4 is 17.8 Å². The van der Waals surface area contributed by atoms with Gasteiger partial charge in [-0.1, -0.05) is 0 Å². The molecule has 3 heteroatoms. The summed E-state index contributed by atoms with van der Waals surface area (Å²) in [6.45, 7) is 1.92. The van der Waals surface area contributed by atoms with E-state index in [1.165, 1.54) is 0 Å². The molecule has 0 rings (SSSR count). The van der Waals surface area contributed by atoms with Crippen molar-refractivity contribution in [1.82, 2.24) is 0 Å². The van der Waals surface area contributed by atoms with Gasteiger partial charge < -0.3 is 0 Å². The van der Waals surface area contributed by atoms with Crippen molar-refractivity contribution in [3.8, 4) is 0 Å². The van der Waals surface area contributed by atoms with E-state index >= 15 is 0 Å². The number of thioether (sulfide) groups is 1. The van der Waals surface area contributed by atoms with Gasteiger partial charge in [0.2, 0.25) is 6.08 Å². The fourth-order valence-electron chi connectivity index (χ4n) is 0.443. The Hall–Kier alpha value is -0.270. The van der Waals surface area contributed by atoms with Crippen LogP contribution in [0.3, 0.4) is 0 Å². The van der Waals surface area contributed by atoms with Crippen LogP contribution in [-0.2, 0) is 4.79 Å². The number of hydrogen-bond donors (Lipinski definition) is 0. The van der Waals surface area contributed by atoms with Gasteiger partial charge in [0, 0.05) is 0 Å². The number of isocyanates is 1. The lowest BCUT2D eigenvalue weighted by molar-refractivity contribution is 0.557. The third-order valence-corrected chi connectivity index (χ3v) is 1.66. The van der Waals surface area contributed by atoms with E-state index in [-0.39, 0.29) is 6.04 Å². The molecule has 0 N–H and O–H groups in total. The molecule has 1 atom stereocenters. The zero-order valence-corrected chi connectivity index (χ0v) is 6.57. The normalized spacial score (nSPS) is 12.2. The zero-order valence-electron chi connectivity index (χ0n) is 5.76. The van der Waals surface area contributed by atoms with E-state index in [0.717, 1.165) is 12.2 Å². The first-order valence-electron chi connectivity index (χ1n) is 2.87. The predicted molar refractivity (Wildman–Crippen MR) is 40.6 cm³/mol. The van der Waals surface area contributed by atoms with Gasteiger partial charge in [-0.3, -0.25) is 0 Å². The van der Waals surface area contributed by atoms with Crippen LogP contribution in [0.15, 0.2) is 4.99 Å². The summed E-state index contributed by atoms with van der Waals surface area (Å²) in [4.78, 5) is 13.2. The third-order valence-electron chi connectivity index (χ3n) is 1.01. The van der Waals surface area contributed by atoms with Gasteiger partial charge in [-0.05, 0) is 25.4 Å². The maximum absolute atomic E-state index is 9.68. The summed E-state index contributed by atoms with van der Waals surface area (Å²) in [7, 11) is 0. The molecule has 2 nitrogen and oxygen atoms in total. The fourth-order valence-corrected chi connectivity index (χ4v) is 1.02. The molecule has 0 saturated carbocycles. The van der Waals surface area contributed by atoms with Crippen molar-refractivity contribution in [3.05, 3.63) is 0 Å². The molecule has 52 valence electrons. The van der Waals surface area contributed by atoms with Crippen LogP contribution in [0.25, 0.3) is 0 Å². The highest BCUT2D eigenvalue weighted by molar-refractivity contribution is 7.98. The summed E-state index contributed by atoms with van der Waals surface area (Å²) in [6.07, 6.45) is 4.55. The second kappa shape index (κ2) is 5.86. The zero-order chi connectivity index (χ0) is 7.11. The van der Waals surface area contributed by atoms with Crippen LogP contribution >= 0.6 is 11.8 Å². The van der Waals surface area contributed by atoms with E-state index in [0.29, 0.717) is 0 Å². The number of nitrogens with zero attached hydrogens (tertiary/aromatic N) is 1. The molecule has 0 aromatic carbocycles. The van der Waals surface area contributed by atoms with Gasteiger partial charge in [-0.15, -0.1) is 0 Å². The third kappa shape index (κ3) is 5.60. The summed E-state index contributed by atoms with van der Waals surface area (Å²) in [5.74, 6) is 1.06. The minimum atomic E-state index is 0.148. The Labute approximate surface area is 59.7 Å². The van der Waals surface area contributed by atoms with Crippen LogP contribution in [-0.4, -0.2) is 24.1 Å². The van der Waals surface area contributed by atoms with E-state index in [2.05, 4.69) is 4.99 Å². The van der Waals surface area contributed by atoms with E-state index in [1.807, 2.05) is 13.2 Å². The van der Waals surface area contributed by atoms with Crippen LogP contribution in [0.4, 0.5) is 0 Å². The van der Waals surface area contributed by atoms with Crippen molar-refractivity contribution in [2.45, 2.75) is 19.4 Å². The highest BCUT2D eigenvalue weighted by Gasteiger charge is 1.95. The minimum absolute atomic E-state index is 0.148. The Bertz CT molecular complexity index is 110. The van der Waals surface area contributed by atoms with Crippen LogP contribution < -0.4 is 0 Å². The lowest BCUT2D eigenvalue weighted by Crippen LogP contribution is -1.97. The number of carbonyl (C=O) groups excluding carboxylic acids is 1. The molecule has 0 radical (unpaired) electrons. The van der Waals surface area contributed by atoms with Crippen molar-refractivity contribution in [3.63, 3.8) is 0 Å². The summed E-state index contributed by atoms with van der Waals surface area (Å²) in [5.41, 5.74) is 0. The van der Waals surface area contributed by atoms with E-state index in [4.69, 9.17) is 0 Å². The molecule has 1 unspecified atom stereocenters. The lowest BCUT2D eigenvalue weighted by Gasteiger charge is -1.98. The molecule has 0 aliphatic heterocycles. The maximum Gasteiger partial charge on any atom is 0.235 e. The van der Waals surface area contributed by atoms with Crippen LogP contribution in [0.1, 0.15) is 13.3 Å². The van der Waals surface area contributed by atoms with Crippen molar-refractivity contribution < 1.29 is 4.79 Å². The Kier molecular flexibility index (Phi) is 5.68. The standard InChI is InChI=1S/C6H11NOS/c1-6(7-5-8)3-4-9-2/h6H,3-4H2,1-2H3. The largest absolute Gasteiger partial charge is 0.235 e. The number of rotatable bonds is 4. The molecule has 0 saturated heterocycles. The first kappa shape index (κ1) is 8.73. The van der Waals surface area contributed by atoms with Gasteiger partial charge in [-0.2, -0.15) is 11.8 Å². The monoisotopic (exact) mass is 145 g/mol. The van der Waals surface area contributed by atoms with Gasteiger partial charge in [0.25, 0.3) is 0 Å². The Morgan fingerprint density at radius 3 is 2.89 bits per heavy atom. The Morgan fingerprint density at radius 1 is 1.78 bits per heavy atom. The van der Waals surface area contributed by atoms with Crippen LogP contribution in [0.5, 0.6) is 0 Å². The first-order chi connectivity index (χ1) is 4.31.